The lowest BCUT2D eigenvalue weighted by Gasteiger charge is -2.09. The minimum Gasteiger partial charge on any atom is -0.430 e. The summed E-state index contributed by atoms with van der Waals surface area (Å²) in [5, 5.41) is 2.55. The SMILES string of the molecule is Cc1cc(Br)c(F)cc1NC(=O)c1ccc(=O)oc1. The lowest BCUT2D eigenvalue weighted by Crippen LogP contribution is -2.14. The number of aryl methyl sites for hydroxylation is 1. The van der Waals surface area contributed by atoms with Gasteiger partial charge in [0.15, 0.2) is 0 Å². The van der Waals surface area contributed by atoms with Crippen LogP contribution in [0.25, 0.3) is 0 Å². The summed E-state index contributed by atoms with van der Waals surface area (Å²) in [6, 6.07) is 5.27. The number of amides is 1. The van der Waals surface area contributed by atoms with E-state index in [2.05, 4.69) is 25.7 Å². The Bertz CT molecular complexity index is 676. The van der Waals surface area contributed by atoms with Crippen LogP contribution >= 0.6 is 15.9 Å². The molecule has 0 unspecified atom stereocenters. The standard InChI is InChI=1S/C13H9BrFNO3/c1-7-4-9(14)10(15)5-11(7)16-13(18)8-2-3-12(17)19-6-8/h2-6H,1H3,(H,16,18). The molecular formula is C13H9BrFNO3. The number of carbonyl (C=O) groups is 1. The number of carbonyl (C=O) groups excluding carboxylic acids is 1. The predicted molar refractivity (Wildman–Crippen MR) is 71.8 cm³/mol. The van der Waals surface area contributed by atoms with E-state index in [-0.39, 0.29) is 5.56 Å². The number of rotatable bonds is 2. The predicted octanol–water partition coefficient (Wildman–Crippen LogP) is 3.10. The summed E-state index contributed by atoms with van der Waals surface area (Å²) in [5.74, 6) is -0.950. The minimum atomic E-state index is -0.539. The number of hydrogen-bond donors (Lipinski definition) is 1. The number of anilines is 1. The molecule has 0 aliphatic rings. The summed E-state index contributed by atoms with van der Waals surface area (Å²) in [6.45, 7) is 1.74. The summed E-state index contributed by atoms with van der Waals surface area (Å²) >= 11 is 3.06. The van der Waals surface area contributed by atoms with Gasteiger partial charge in [0.2, 0.25) is 0 Å². The van der Waals surface area contributed by atoms with Crippen LogP contribution in [0.15, 0.2) is 44.2 Å². The third-order valence-electron chi connectivity index (χ3n) is 2.48. The smallest absolute Gasteiger partial charge is 0.335 e. The number of hydrogen-bond acceptors (Lipinski definition) is 3. The number of halogens is 2. The molecule has 0 fully saturated rings. The molecule has 0 aliphatic heterocycles. The van der Waals surface area contributed by atoms with E-state index in [9.17, 15) is 14.0 Å². The fourth-order valence-electron chi connectivity index (χ4n) is 1.46. The van der Waals surface area contributed by atoms with Crippen molar-refractivity contribution in [2.24, 2.45) is 0 Å². The monoisotopic (exact) mass is 325 g/mol. The molecule has 1 aromatic carbocycles. The largest absolute Gasteiger partial charge is 0.430 e. The van der Waals surface area contributed by atoms with Crippen molar-refractivity contribution in [1.29, 1.82) is 0 Å². The van der Waals surface area contributed by atoms with Crippen molar-refractivity contribution in [2.45, 2.75) is 6.92 Å². The van der Waals surface area contributed by atoms with Crippen LogP contribution in [-0.4, -0.2) is 5.91 Å². The maximum Gasteiger partial charge on any atom is 0.335 e. The molecule has 0 aliphatic carbocycles. The molecule has 6 heteroatoms. The molecule has 1 N–H and O–H groups in total. The van der Waals surface area contributed by atoms with E-state index >= 15 is 0 Å². The second-order valence-electron chi connectivity index (χ2n) is 3.88. The number of benzene rings is 1. The molecule has 0 radical (unpaired) electrons. The summed E-state index contributed by atoms with van der Waals surface area (Å²) in [5.41, 5.74) is 0.709. The first-order chi connectivity index (χ1) is 8.97. The van der Waals surface area contributed by atoms with Gasteiger partial charge in [0, 0.05) is 11.8 Å². The Balaban J connectivity index is 2.26. The minimum absolute atomic E-state index is 0.183. The first kappa shape index (κ1) is 13.5. The van der Waals surface area contributed by atoms with Crippen LogP contribution in [-0.2, 0) is 0 Å². The molecule has 4 nitrogen and oxygen atoms in total. The molecule has 2 rings (SSSR count). The Morgan fingerprint density at radius 3 is 2.74 bits per heavy atom. The van der Waals surface area contributed by atoms with Crippen LogP contribution in [0.5, 0.6) is 0 Å². The Hall–Kier alpha value is -1.95. The Morgan fingerprint density at radius 2 is 2.11 bits per heavy atom. The van der Waals surface area contributed by atoms with Crippen molar-refractivity contribution in [3.8, 4) is 0 Å². The molecule has 0 spiro atoms. The average molecular weight is 326 g/mol. The maximum atomic E-state index is 13.4. The average Bonchev–Trinajstić information content (AvgIpc) is 2.36. The van der Waals surface area contributed by atoms with Gasteiger partial charge in [-0.15, -0.1) is 0 Å². The highest BCUT2D eigenvalue weighted by molar-refractivity contribution is 9.10. The highest BCUT2D eigenvalue weighted by atomic mass is 79.9. The summed E-state index contributed by atoms with van der Waals surface area (Å²) in [7, 11) is 0. The Kier molecular flexibility index (Phi) is 3.80. The molecule has 2 aromatic rings. The normalized spacial score (nSPS) is 10.3. The second-order valence-corrected chi connectivity index (χ2v) is 4.73. The van der Waals surface area contributed by atoms with Crippen molar-refractivity contribution < 1.29 is 13.6 Å². The first-order valence-electron chi connectivity index (χ1n) is 5.33. The van der Waals surface area contributed by atoms with Gasteiger partial charge in [-0.3, -0.25) is 4.79 Å². The molecule has 19 heavy (non-hydrogen) atoms. The zero-order chi connectivity index (χ0) is 14.0. The molecule has 0 bridgehead atoms. The second kappa shape index (κ2) is 5.36. The van der Waals surface area contributed by atoms with Gasteiger partial charge < -0.3 is 9.73 Å². The number of nitrogens with one attached hydrogen (secondary N) is 1. The van der Waals surface area contributed by atoms with Gasteiger partial charge in [0.05, 0.1) is 10.0 Å². The topological polar surface area (TPSA) is 59.3 Å². The lowest BCUT2D eigenvalue weighted by molar-refractivity contribution is 0.102. The maximum absolute atomic E-state index is 13.4. The van der Waals surface area contributed by atoms with Gasteiger partial charge in [-0.2, -0.15) is 0 Å². The van der Waals surface area contributed by atoms with Crippen LogP contribution in [0.2, 0.25) is 0 Å². The summed E-state index contributed by atoms with van der Waals surface area (Å²) < 4.78 is 18.3. The van der Waals surface area contributed by atoms with Gasteiger partial charge in [-0.25, -0.2) is 9.18 Å². The molecule has 0 saturated carbocycles. The van der Waals surface area contributed by atoms with Crippen molar-refractivity contribution in [2.75, 3.05) is 5.32 Å². The van der Waals surface area contributed by atoms with Gasteiger partial charge in [-0.05, 0) is 46.6 Å². The van der Waals surface area contributed by atoms with Crippen molar-refractivity contribution in [1.82, 2.24) is 0 Å². The fraction of sp³-hybridized carbons (Fsp3) is 0.0769. The van der Waals surface area contributed by atoms with Crippen molar-refractivity contribution >= 4 is 27.5 Å². The van der Waals surface area contributed by atoms with Crippen LogP contribution in [0.3, 0.4) is 0 Å². The van der Waals surface area contributed by atoms with E-state index in [4.69, 9.17) is 0 Å². The first-order valence-corrected chi connectivity index (χ1v) is 6.12. The Morgan fingerprint density at radius 1 is 1.37 bits per heavy atom. The van der Waals surface area contributed by atoms with Crippen molar-refractivity contribution in [3.63, 3.8) is 0 Å². The molecule has 1 aromatic heterocycles. The third kappa shape index (κ3) is 3.08. The van der Waals surface area contributed by atoms with E-state index in [1.165, 1.54) is 12.1 Å². The highest BCUT2D eigenvalue weighted by Crippen LogP contribution is 2.24. The zero-order valence-corrected chi connectivity index (χ0v) is 11.5. The van der Waals surface area contributed by atoms with Crippen molar-refractivity contribution in [3.05, 3.63) is 62.4 Å². The zero-order valence-electron chi connectivity index (χ0n) is 9.87. The van der Waals surface area contributed by atoms with Gasteiger partial charge in [0.1, 0.15) is 12.1 Å². The van der Waals surface area contributed by atoms with Crippen LogP contribution < -0.4 is 10.9 Å². The molecular weight excluding hydrogens is 317 g/mol. The fourth-order valence-corrected chi connectivity index (χ4v) is 1.92. The summed E-state index contributed by atoms with van der Waals surface area (Å²) in [4.78, 5) is 22.7. The van der Waals surface area contributed by atoms with Gasteiger partial charge >= 0.3 is 5.63 Å². The summed E-state index contributed by atoms with van der Waals surface area (Å²) in [6.07, 6.45) is 1.06. The van der Waals surface area contributed by atoms with Crippen LogP contribution in [0.1, 0.15) is 15.9 Å². The van der Waals surface area contributed by atoms with Gasteiger partial charge in [0.25, 0.3) is 5.91 Å². The van der Waals surface area contributed by atoms with E-state index in [1.807, 2.05) is 0 Å². The van der Waals surface area contributed by atoms with E-state index in [1.54, 1.807) is 13.0 Å². The molecule has 1 amide bonds. The molecule has 98 valence electrons. The van der Waals surface area contributed by atoms with E-state index in [0.29, 0.717) is 15.7 Å². The quantitative estimate of drug-likeness (QED) is 0.922. The van der Waals surface area contributed by atoms with Crippen LogP contribution in [0.4, 0.5) is 10.1 Å². The van der Waals surface area contributed by atoms with E-state index < -0.39 is 17.3 Å². The van der Waals surface area contributed by atoms with Gasteiger partial charge in [-0.1, -0.05) is 0 Å². The Labute approximate surface area is 116 Å². The molecule has 0 atom stereocenters. The highest BCUT2D eigenvalue weighted by Gasteiger charge is 2.11. The molecule has 1 heterocycles. The van der Waals surface area contributed by atoms with Crippen LogP contribution in [0, 0.1) is 12.7 Å². The molecule has 0 saturated heterocycles. The third-order valence-corrected chi connectivity index (χ3v) is 3.09. The lowest BCUT2D eigenvalue weighted by atomic mass is 10.2. The van der Waals surface area contributed by atoms with E-state index in [0.717, 1.165) is 12.3 Å².